The molecule has 0 saturated carbocycles. The van der Waals surface area contributed by atoms with Gasteiger partial charge >= 0.3 is 6.18 Å². The molecule has 1 amide bonds. The van der Waals surface area contributed by atoms with Crippen molar-refractivity contribution in [1.29, 1.82) is 0 Å². The van der Waals surface area contributed by atoms with Crippen molar-refractivity contribution in [2.75, 3.05) is 20.6 Å². The molecule has 3 nitrogen and oxygen atoms in total. The highest BCUT2D eigenvalue weighted by Gasteiger charge is 2.32. The van der Waals surface area contributed by atoms with Crippen LogP contribution in [-0.2, 0) is 17.5 Å². The molecule has 0 saturated heterocycles. The SMILES string of the molecule is CNC(=O)CN(C)Cc1ccccc1C(F)(F)F. The van der Waals surface area contributed by atoms with E-state index in [1.807, 2.05) is 0 Å². The third-order valence-corrected chi connectivity index (χ3v) is 2.46. The Kier molecular flexibility index (Phi) is 4.72. The fraction of sp³-hybridized carbons (Fsp3) is 0.417. The van der Waals surface area contributed by atoms with Gasteiger partial charge in [0, 0.05) is 13.6 Å². The second-order valence-electron chi connectivity index (χ2n) is 4.00. The van der Waals surface area contributed by atoms with Crippen molar-refractivity contribution in [3.8, 4) is 0 Å². The first kappa shape index (κ1) is 14.5. The van der Waals surface area contributed by atoms with Crippen molar-refractivity contribution in [2.45, 2.75) is 12.7 Å². The van der Waals surface area contributed by atoms with Crippen molar-refractivity contribution in [3.63, 3.8) is 0 Å². The zero-order valence-corrected chi connectivity index (χ0v) is 10.2. The topological polar surface area (TPSA) is 32.3 Å². The van der Waals surface area contributed by atoms with Gasteiger partial charge in [-0.2, -0.15) is 13.2 Å². The molecule has 0 spiro atoms. The number of halogens is 3. The summed E-state index contributed by atoms with van der Waals surface area (Å²) in [7, 11) is 3.09. The van der Waals surface area contributed by atoms with E-state index in [4.69, 9.17) is 0 Å². The van der Waals surface area contributed by atoms with E-state index in [-0.39, 0.29) is 24.6 Å². The summed E-state index contributed by atoms with van der Waals surface area (Å²) in [6.07, 6.45) is -4.37. The first-order chi connectivity index (χ1) is 8.34. The van der Waals surface area contributed by atoms with Gasteiger partial charge in [0.2, 0.25) is 5.91 Å². The first-order valence-electron chi connectivity index (χ1n) is 5.39. The summed E-state index contributed by atoms with van der Waals surface area (Å²) >= 11 is 0. The van der Waals surface area contributed by atoms with Crippen LogP contribution in [0.4, 0.5) is 13.2 Å². The molecule has 1 N–H and O–H groups in total. The normalized spacial score (nSPS) is 11.7. The zero-order chi connectivity index (χ0) is 13.8. The summed E-state index contributed by atoms with van der Waals surface area (Å²) in [6, 6.07) is 5.37. The molecule has 0 bridgehead atoms. The quantitative estimate of drug-likeness (QED) is 0.896. The van der Waals surface area contributed by atoms with Crippen molar-refractivity contribution < 1.29 is 18.0 Å². The van der Waals surface area contributed by atoms with E-state index >= 15 is 0 Å². The van der Waals surface area contributed by atoms with Crippen LogP contribution in [0.5, 0.6) is 0 Å². The predicted octanol–water partition coefficient (Wildman–Crippen LogP) is 1.88. The number of nitrogens with zero attached hydrogens (tertiary/aromatic N) is 1. The highest BCUT2D eigenvalue weighted by atomic mass is 19.4. The van der Waals surface area contributed by atoms with Crippen LogP contribution in [0.25, 0.3) is 0 Å². The van der Waals surface area contributed by atoms with Gasteiger partial charge in [0.1, 0.15) is 0 Å². The molecule has 0 fully saturated rings. The minimum atomic E-state index is -4.37. The number of likely N-dealkylation sites (N-methyl/N-ethyl adjacent to an activating group) is 2. The maximum absolute atomic E-state index is 12.7. The number of nitrogens with one attached hydrogen (secondary N) is 1. The zero-order valence-electron chi connectivity index (χ0n) is 10.2. The van der Waals surface area contributed by atoms with Gasteiger partial charge < -0.3 is 5.32 Å². The van der Waals surface area contributed by atoms with E-state index in [2.05, 4.69) is 5.32 Å². The molecule has 100 valence electrons. The van der Waals surface area contributed by atoms with Gasteiger partial charge in [-0.15, -0.1) is 0 Å². The molecule has 0 radical (unpaired) electrons. The van der Waals surface area contributed by atoms with Gasteiger partial charge in [-0.25, -0.2) is 0 Å². The van der Waals surface area contributed by atoms with E-state index in [0.717, 1.165) is 6.07 Å². The van der Waals surface area contributed by atoms with Crippen LogP contribution in [0.15, 0.2) is 24.3 Å². The molecule has 0 heterocycles. The molecule has 0 unspecified atom stereocenters. The van der Waals surface area contributed by atoms with Crippen LogP contribution in [0, 0.1) is 0 Å². The first-order valence-corrected chi connectivity index (χ1v) is 5.39. The van der Waals surface area contributed by atoms with E-state index < -0.39 is 11.7 Å². The largest absolute Gasteiger partial charge is 0.416 e. The van der Waals surface area contributed by atoms with Crippen LogP contribution >= 0.6 is 0 Å². The molecule has 18 heavy (non-hydrogen) atoms. The van der Waals surface area contributed by atoms with E-state index in [1.54, 1.807) is 13.1 Å². The Hall–Kier alpha value is -1.56. The van der Waals surface area contributed by atoms with Crippen molar-refractivity contribution in [3.05, 3.63) is 35.4 Å². The molecule has 0 aliphatic carbocycles. The smallest absolute Gasteiger partial charge is 0.358 e. The molecule has 0 aliphatic heterocycles. The number of hydrogen-bond donors (Lipinski definition) is 1. The van der Waals surface area contributed by atoms with Gasteiger partial charge in [-0.3, -0.25) is 9.69 Å². The Balaban J connectivity index is 2.81. The van der Waals surface area contributed by atoms with Crippen LogP contribution in [0.3, 0.4) is 0 Å². The summed E-state index contributed by atoms with van der Waals surface area (Å²) in [6.45, 7) is 0.131. The summed E-state index contributed by atoms with van der Waals surface area (Å²) < 4.78 is 38.2. The predicted molar refractivity (Wildman–Crippen MR) is 61.8 cm³/mol. The third-order valence-electron chi connectivity index (χ3n) is 2.46. The van der Waals surface area contributed by atoms with Gasteiger partial charge in [-0.1, -0.05) is 18.2 Å². The highest BCUT2D eigenvalue weighted by molar-refractivity contribution is 5.77. The second kappa shape index (κ2) is 5.86. The van der Waals surface area contributed by atoms with Crippen LogP contribution < -0.4 is 5.32 Å². The number of amides is 1. The molecule has 1 aromatic rings. The Morgan fingerprint density at radius 2 is 1.94 bits per heavy atom. The van der Waals surface area contributed by atoms with Crippen LogP contribution in [0.2, 0.25) is 0 Å². The van der Waals surface area contributed by atoms with Crippen LogP contribution in [0.1, 0.15) is 11.1 Å². The number of benzene rings is 1. The fourth-order valence-electron chi connectivity index (χ4n) is 1.61. The Morgan fingerprint density at radius 1 is 1.33 bits per heavy atom. The van der Waals surface area contributed by atoms with Crippen molar-refractivity contribution in [2.24, 2.45) is 0 Å². The number of hydrogen-bond acceptors (Lipinski definition) is 2. The molecule has 0 atom stereocenters. The minimum absolute atomic E-state index is 0.0582. The molecule has 6 heteroatoms. The van der Waals surface area contributed by atoms with Crippen LogP contribution in [-0.4, -0.2) is 31.4 Å². The lowest BCUT2D eigenvalue weighted by atomic mass is 10.1. The molecule has 0 aromatic heterocycles. The van der Waals surface area contributed by atoms with E-state index in [0.29, 0.717) is 0 Å². The van der Waals surface area contributed by atoms with E-state index in [1.165, 1.54) is 24.1 Å². The lowest BCUT2D eigenvalue weighted by Crippen LogP contribution is -2.33. The van der Waals surface area contributed by atoms with Crippen molar-refractivity contribution >= 4 is 5.91 Å². The minimum Gasteiger partial charge on any atom is -0.358 e. The number of carbonyl (C=O) groups is 1. The van der Waals surface area contributed by atoms with Gasteiger partial charge in [-0.05, 0) is 18.7 Å². The summed E-state index contributed by atoms with van der Waals surface area (Å²) in [5.41, 5.74) is -0.495. The second-order valence-corrected chi connectivity index (χ2v) is 4.00. The standard InChI is InChI=1S/C12H15F3N2O/c1-16-11(18)8-17(2)7-9-5-3-4-6-10(9)12(13,14)15/h3-6H,7-8H2,1-2H3,(H,16,18). The summed E-state index contributed by atoms with van der Waals surface area (Å²) in [5.74, 6) is -0.234. The number of rotatable bonds is 4. The van der Waals surface area contributed by atoms with Gasteiger partial charge in [0.05, 0.1) is 12.1 Å². The van der Waals surface area contributed by atoms with Gasteiger partial charge in [0.25, 0.3) is 0 Å². The average molecular weight is 260 g/mol. The molecule has 1 rings (SSSR count). The Bertz CT molecular complexity index is 418. The molecular weight excluding hydrogens is 245 g/mol. The maximum Gasteiger partial charge on any atom is 0.416 e. The fourth-order valence-corrected chi connectivity index (χ4v) is 1.61. The molecule has 1 aromatic carbocycles. The van der Waals surface area contributed by atoms with E-state index in [9.17, 15) is 18.0 Å². The average Bonchev–Trinajstić information content (AvgIpc) is 2.27. The number of carbonyl (C=O) groups excluding carboxylic acids is 1. The Labute approximate surface area is 104 Å². The monoisotopic (exact) mass is 260 g/mol. The highest BCUT2D eigenvalue weighted by Crippen LogP contribution is 2.32. The lowest BCUT2D eigenvalue weighted by Gasteiger charge is -2.19. The molecule has 0 aliphatic rings. The van der Waals surface area contributed by atoms with Gasteiger partial charge in [0.15, 0.2) is 0 Å². The van der Waals surface area contributed by atoms with Crippen molar-refractivity contribution in [1.82, 2.24) is 10.2 Å². The maximum atomic E-state index is 12.7. The molecular formula is C12H15F3N2O. The Morgan fingerprint density at radius 3 is 2.50 bits per heavy atom. The lowest BCUT2D eigenvalue weighted by molar-refractivity contribution is -0.138. The number of alkyl halides is 3. The third kappa shape index (κ3) is 4.03. The summed E-state index contributed by atoms with van der Waals surface area (Å²) in [5, 5.41) is 2.42. The summed E-state index contributed by atoms with van der Waals surface area (Å²) in [4.78, 5) is 12.7.